The molecule has 0 aromatic heterocycles. The van der Waals surface area contributed by atoms with Crippen molar-refractivity contribution in [3.8, 4) is 11.5 Å². The highest BCUT2D eigenvalue weighted by Gasteiger charge is 2.38. The van der Waals surface area contributed by atoms with Crippen molar-refractivity contribution in [3.63, 3.8) is 0 Å². The van der Waals surface area contributed by atoms with E-state index in [1.54, 1.807) is 0 Å². The summed E-state index contributed by atoms with van der Waals surface area (Å²) in [6.07, 6.45) is 1.20. The number of phenolic OH excluding ortho intramolecular Hbond substituents is 2. The van der Waals surface area contributed by atoms with Crippen molar-refractivity contribution in [2.45, 2.75) is 68.0 Å². The second-order valence-corrected chi connectivity index (χ2v) is 12.5. The first kappa shape index (κ1) is 43.2. The molecule has 1 fully saturated rings. The summed E-state index contributed by atoms with van der Waals surface area (Å²) < 4.78 is 0. The molecule has 8 amide bonds. The summed E-state index contributed by atoms with van der Waals surface area (Å²) >= 11 is 0. The van der Waals surface area contributed by atoms with E-state index in [1.165, 1.54) is 18.2 Å². The zero-order valence-electron chi connectivity index (χ0n) is 29.4. The number of guanidine groups is 1. The van der Waals surface area contributed by atoms with Crippen LogP contribution in [0, 0.1) is 0 Å². The van der Waals surface area contributed by atoms with E-state index in [-0.39, 0.29) is 18.8 Å². The van der Waals surface area contributed by atoms with Gasteiger partial charge in [0.15, 0.2) is 17.5 Å². The summed E-state index contributed by atoms with van der Waals surface area (Å²) in [5.41, 5.74) is 22.3. The lowest BCUT2D eigenvalue weighted by atomic mass is 9.93. The molecule has 20 N–H and O–H groups in total. The first-order valence-corrected chi connectivity index (χ1v) is 16.9. The molecule has 0 bridgehead atoms. The Bertz CT molecular complexity index is 1670. The molecule has 1 aromatic carbocycles. The second kappa shape index (κ2) is 20.3. The van der Waals surface area contributed by atoms with E-state index in [9.17, 15) is 54.0 Å². The van der Waals surface area contributed by atoms with Gasteiger partial charge in [-0.1, -0.05) is 6.07 Å². The molecule has 0 spiro atoms. The van der Waals surface area contributed by atoms with Crippen LogP contribution in [0.25, 0.3) is 0 Å². The molecule has 7 atom stereocenters. The van der Waals surface area contributed by atoms with Gasteiger partial charge in [0.25, 0.3) is 5.91 Å². The molecule has 3 rings (SSSR count). The fraction of sp³-hybridized carbons (Fsp3) is 0.484. The van der Waals surface area contributed by atoms with Crippen LogP contribution >= 0.6 is 0 Å². The predicted molar refractivity (Wildman–Crippen MR) is 190 cm³/mol. The summed E-state index contributed by atoms with van der Waals surface area (Å²) in [4.78, 5) is 96.2. The van der Waals surface area contributed by atoms with Crippen molar-refractivity contribution in [2.24, 2.45) is 27.9 Å². The minimum absolute atomic E-state index is 0.105. The number of nitrogens with one attached hydrogen (secondary N) is 8. The molecule has 1 saturated heterocycles. The molecule has 1 aromatic rings. The molecular weight excluding hydrogens is 730 g/mol. The number of rotatable bonds is 11. The van der Waals surface area contributed by atoms with Gasteiger partial charge in [0.05, 0.1) is 25.3 Å². The number of nitrogens with two attached hydrogens (primary N) is 4. The first-order chi connectivity index (χ1) is 26.1. The Kier molecular flexibility index (Phi) is 15.9. The quantitative estimate of drug-likeness (QED) is 0.0733. The normalized spacial score (nSPS) is 25.5. The third-order valence-corrected chi connectivity index (χ3v) is 8.31. The van der Waals surface area contributed by atoms with E-state index >= 15 is 0 Å². The van der Waals surface area contributed by atoms with Crippen LogP contribution in [-0.2, 0) is 28.8 Å². The van der Waals surface area contributed by atoms with Gasteiger partial charge in [-0.3, -0.25) is 28.8 Å². The average Bonchev–Trinajstić information content (AvgIpc) is 3.13. The van der Waals surface area contributed by atoms with Crippen molar-refractivity contribution < 1.29 is 54.0 Å². The smallest absolute Gasteiger partial charge is 0.316 e. The lowest BCUT2D eigenvalue weighted by Crippen LogP contribution is -2.64. The number of benzene rings is 1. The lowest BCUT2D eigenvalue weighted by Gasteiger charge is -2.34. The van der Waals surface area contributed by atoms with Crippen LogP contribution < -0.4 is 65.5 Å². The zero-order valence-corrected chi connectivity index (χ0v) is 29.4. The number of carbonyl (C=O) groups excluding carboxylic acids is 7. The zero-order chi connectivity index (χ0) is 40.8. The van der Waals surface area contributed by atoms with E-state index in [0.717, 1.165) is 0 Å². The topological polar surface area (TPSA) is 413 Å². The van der Waals surface area contributed by atoms with Crippen LogP contribution in [0.3, 0.4) is 0 Å². The molecule has 2 aliphatic rings. The lowest BCUT2D eigenvalue weighted by molar-refractivity contribution is -0.135. The van der Waals surface area contributed by atoms with Crippen molar-refractivity contribution in [2.75, 3.05) is 26.3 Å². The Morgan fingerprint density at radius 2 is 1.62 bits per heavy atom. The number of urea groups is 1. The van der Waals surface area contributed by atoms with Gasteiger partial charge in [0.1, 0.15) is 29.9 Å². The maximum Gasteiger partial charge on any atom is 0.316 e. The Labute approximate surface area is 313 Å². The van der Waals surface area contributed by atoms with Gasteiger partial charge in [-0.15, -0.1) is 0 Å². The molecule has 0 aliphatic carbocycles. The fourth-order valence-corrected chi connectivity index (χ4v) is 5.44. The third kappa shape index (κ3) is 12.7. The van der Waals surface area contributed by atoms with E-state index in [2.05, 4.69) is 42.2 Å². The summed E-state index contributed by atoms with van der Waals surface area (Å²) in [6.45, 7) is -2.43. The Hall–Kier alpha value is -6.24. The largest absolute Gasteiger partial charge is 0.504 e. The fourth-order valence-electron chi connectivity index (χ4n) is 5.44. The Morgan fingerprint density at radius 1 is 0.945 bits per heavy atom. The number of aliphatic hydroxyl groups excluding tert-OH is 2. The van der Waals surface area contributed by atoms with Crippen molar-refractivity contribution in [3.05, 3.63) is 35.7 Å². The van der Waals surface area contributed by atoms with E-state index < -0.39 is 121 Å². The molecule has 2 aliphatic heterocycles. The highest BCUT2D eigenvalue weighted by molar-refractivity contribution is 6.02. The van der Waals surface area contributed by atoms with Crippen LogP contribution in [0.1, 0.15) is 37.3 Å². The number of aliphatic imine (C=N–C) groups is 1. The van der Waals surface area contributed by atoms with Crippen molar-refractivity contribution in [1.29, 1.82) is 0 Å². The van der Waals surface area contributed by atoms with Gasteiger partial charge in [0, 0.05) is 25.2 Å². The molecule has 2 heterocycles. The number of primary amides is 1. The molecule has 302 valence electrons. The minimum atomic E-state index is -1.81. The third-order valence-electron chi connectivity index (χ3n) is 8.31. The van der Waals surface area contributed by atoms with E-state index in [4.69, 9.17) is 22.9 Å². The van der Waals surface area contributed by atoms with Gasteiger partial charge in [-0.2, -0.15) is 0 Å². The van der Waals surface area contributed by atoms with E-state index in [0.29, 0.717) is 31.1 Å². The second-order valence-electron chi connectivity index (χ2n) is 12.5. The van der Waals surface area contributed by atoms with Crippen LogP contribution in [-0.4, -0.2) is 130 Å². The highest BCUT2D eigenvalue weighted by Crippen LogP contribution is 2.33. The number of hydrogen-bond acceptors (Lipinski definition) is 16. The average molecular weight is 778 g/mol. The molecule has 0 radical (unpaired) electrons. The minimum Gasteiger partial charge on any atom is -0.504 e. The van der Waals surface area contributed by atoms with Crippen LogP contribution in [0.5, 0.6) is 11.5 Å². The molecule has 0 saturated carbocycles. The monoisotopic (exact) mass is 777 g/mol. The molecular formula is C31H47N13O11. The number of phenols is 2. The van der Waals surface area contributed by atoms with Crippen LogP contribution in [0.4, 0.5) is 4.79 Å². The Morgan fingerprint density at radius 3 is 2.25 bits per heavy atom. The van der Waals surface area contributed by atoms with E-state index in [1.807, 2.05) is 5.32 Å². The first-order valence-electron chi connectivity index (χ1n) is 16.9. The SMILES string of the molecule is NCCC[C@H](N)CC(=O)NC1CNC(=O)[C@@H](C2CC(c3ccc(O)c(O)c3)N=C(N)N2)NC(=O)/C(=C/NC(N)=O)NC(=O)[C@@H](CO)NC(=O)[C@@H](CO)NC1=O. The summed E-state index contributed by atoms with van der Waals surface area (Å²) in [5.74, 6) is -7.52. The number of aliphatic hydroxyl groups is 2. The molecule has 24 heteroatoms. The van der Waals surface area contributed by atoms with Crippen LogP contribution in [0.2, 0.25) is 0 Å². The molecule has 55 heavy (non-hydrogen) atoms. The summed E-state index contributed by atoms with van der Waals surface area (Å²) in [6, 6.07) is -6.79. The highest BCUT2D eigenvalue weighted by atomic mass is 16.3. The number of nitrogens with zero attached hydrogens (tertiary/aromatic N) is 1. The number of carbonyl (C=O) groups is 7. The van der Waals surface area contributed by atoms with Gasteiger partial charge in [-0.05, 0) is 43.5 Å². The van der Waals surface area contributed by atoms with Crippen LogP contribution in [0.15, 0.2) is 35.1 Å². The van der Waals surface area contributed by atoms with Crippen molar-refractivity contribution in [1.82, 2.24) is 42.5 Å². The van der Waals surface area contributed by atoms with Crippen molar-refractivity contribution >= 4 is 47.4 Å². The standard InChI is InChI=1S/C31H47N13O11/c32-5-1-2-14(33)7-23(49)38-17-9-36-29(54)24(16-8-15(42-30(34)43-16)13-3-4-21(47)22(48)6-13)44-26(51)18(10-37-31(35)55)39-27(52)19(11-45)41-28(53)20(12-46)40-25(17)50/h3-4,6,10,14-17,19-20,24,45-48H,1-2,5,7-9,11-12,32-33H2,(H,36,54)(H,38,49)(H,39,52)(H,40,50)(H,41,53)(H,44,51)(H3,34,42,43)(H3,35,37,55)/b18-10-/t14-,15?,16?,17?,19+,20+,24+/m0/s1. The van der Waals surface area contributed by atoms with Gasteiger partial charge in [-0.25, -0.2) is 9.79 Å². The molecule has 24 nitrogen and oxygen atoms in total. The Balaban J connectivity index is 2.07. The summed E-state index contributed by atoms with van der Waals surface area (Å²) in [7, 11) is 0. The van der Waals surface area contributed by atoms with Gasteiger partial charge >= 0.3 is 6.03 Å². The number of aromatic hydroxyl groups is 2. The maximum atomic E-state index is 14.0. The predicted octanol–water partition coefficient (Wildman–Crippen LogP) is -7.05. The number of amides is 8. The van der Waals surface area contributed by atoms with Gasteiger partial charge in [0.2, 0.25) is 29.5 Å². The maximum absolute atomic E-state index is 14.0. The number of hydrogen-bond donors (Lipinski definition) is 16. The summed E-state index contributed by atoms with van der Waals surface area (Å²) in [5, 5.41) is 58.3. The molecule has 3 unspecified atom stereocenters. The van der Waals surface area contributed by atoms with Gasteiger partial charge < -0.3 is 85.9 Å².